The maximum Gasteiger partial charge on any atom is 0.102 e. The van der Waals surface area contributed by atoms with Gasteiger partial charge in [-0.1, -0.05) is 12.7 Å². The summed E-state index contributed by atoms with van der Waals surface area (Å²) in [5.74, 6) is 0. The molecule has 0 aliphatic carbocycles. The van der Waals surface area contributed by atoms with Crippen molar-refractivity contribution < 1.29 is 0 Å². The SMILES string of the molecule is CCCNCCCC1=C(C)C(C)=C=C(C)N=N1. The molecule has 0 fully saturated rings. The third-order valence-electron chi connectivity index (χ3n) is 2.88. The van der Waals surface area contributed by atoms with Crippen LogP contribution in [-0.4, -0.2) is 13.1 Å². The molecule has 1 heterocycles. The average Bonchev–Trinajstić information content (AvgIpc) is 2.42. The molecule has 0 atom stereocenters. The highest BCUT2D eigenvalue weighted by Crippen LogP contribution is 2.22. The summed E-state index contributed by atoms with van der Waals surface area (Å²) in [6, 6.07) is 0. The van der Waals surface area contributed by atoms with E-state index in [1.165, 1.54) is 12.0 Å². The number of azo groups is 1. The third-order valence-corrected chi connectivity index (χ3v) is 2.88. The van der Waals surface area contributed by atoms with Crippen molar-refractivity contribution in [2.75, 3.05) is 13.1 Å². The highest BCUT2D eigenvalue weighted by molar-refractivity contribution is 5.33. The molecular formula is C14H23N3. The predicted octanol–water partition coefficient (Wildman–Crippen LogP) is 3.96. The molecule has 0 saturated carbocycles. The second-order valence-electron chi connectivity index (χ2n) is 4.46. The molecule has 1 N–H and O–H groups in total. The summed E-state index contributed by atoms with van der Waals surface area (Å²) in [5.41, 5.74) is 7.58. The van der Waals surface area contributed by atoms with Crippen molar-refractivity contribution in [3.63, 3.8) is 0 Å². The smallest absolute Gasteiger partial charge is 0.102 e. The molecule has 17 heavy (non-hydrogen) atoms. The van der Waals surface area contributed by atoms with E-state index in [-0.39, 0.29) is 0 Å². The minimum atomic E-state index is 0.862. The Morgan fingerprint density at radius 3 is 2.59 bits per heavy atom. The minimum absolute atomic E-state index is 0.862. The summed E-state index contributed by atoms with van der Waals surface area (Å²) in [5, 5.41) is 11.9. The Bertz CT molecular complexity index is 382. The molecule has 0 saturated heterocycles. The summed E-state index contributed by atoms with van der Waals surface area (Å²) in [4.78, 5) is 0. The van der Waals surface area contributed by atoms with E-state index >= 15 is 0 Å². The number of hydrogen-bond donors (Lipinski definition) is 1. The number of hydrogen-bond acceptors (Lipinski definition) is 3. The lowest BCUT2D eigenvalue weighted by Gasteiger charge is -2.06. The molecule has 0 unspecified atom stereocenters. The van der Waals surface area contributed by atoms with Crippen LogP contribution in [-0.2, 0) is 0 Å². The standard InChI is InChI=1S/C14H23N3/c1-5-8-15-9-6-7-14-13(4)11(2)10-12(3)16-17-14/h15H,5-9H2,1-4H3. The molecule has 1 aliphatic heterocycles. The second-order valence-corrected chi connectivity index (χ2v) is 4.46. The normalized spacial score (nSPS) is 15.8. The lowest BCUT2D eigenvalue weighted by Crippen LogP contribution is -2.15. The van der Waals surface area contributed by atoms with E-state index in [0.29, 0.717) is 0 Å². The van der Waals surface area contributed by atoms with E-state index < -0.39 is 0 Å². The van der Waals surface area contributed by atoms with E-state index in [4.69, 9.17) is 0 Å². The number of rotatable bonds is 6. The van der Waals surface area contributed by atoms with Gasteiger partial charge in [-0.15, -0.1) is 5.11 Å². The maximum absolute atomic E-state index is 4.31. The number of allylic oxidation sites excluding steroid dienone is 3. The van der Waals surface area contributed by atoms with E-state index in [2.05, 4.69) is 42.0 Å². The fourth-order valence-corrected chi connectivity index (χ4v) is 1.74. The van der Waals surface area contributed by atoms with Crippen molar-refractivity contribution >= 4 is 0 Å². The minimum Gasteiger partial charge on any atom is -0.317 e. The van der Waals surface area contributed by atoms with Gasteiger partial charge in [0.25, 0.3) is 0 Å². The first-order valence-electron chi connectivity index (χ1n) is 6.41. The molecule has 3 heteroatoms. The summed E-state index contributed by atoms with van der Waals surface area (Å²) in [7, 11) is 0. The topological polar surface area (TPSA) is 36.8 Å². The van der Waals surface area contributed by atoms with Gasteiger partial charge in [0.15, 0.2) is 0 Å². The van der Waals surface area contributed by atoms with Crippen LogP contribution in [0, 0.1) is 0 Å². The first kappa shape index (κ1) is 13.9. The quantitative estimate of drug-likeness (QED) is 0.547. The van der Waals surface area contributed by atoms with E-state index in [1.54, 1.807) is 0 Å². The Morgan fingerprint density at radius 2 is 1.88 bits per heavy atom. The summed E-state index contributed by atoms with van der Waals surface area (Å²) >= 11 is 0. The van der Waals surface area contributed by atoms with Gasteiger partial charge in [0, 0.05) is 0 Å². The molecule has 94 valence electrons. The van der Waals surface area contributed by atoms with Crippen LogP contribution >= 0.6 is 0 Å². The fourth-order valence-electron chi connectivity index (χ4n) is 1.74. The molecule has 0 aromatic carbocycles. The molecule has 1 aliphatic rings. The van der Waals surface area contributed by atoms with Crippen molar-refractivity contribution in [1.82, 2.24) is 5.32 Å². The largest absolute Gasteiger partial charge is 0.317 e. The Balaban J connectivity index is 2.52. The molecule has 0 spiro atoms. The first-order chi connectivity index (χ1) is 8.15. The van der Waals surface area contributed by atoms with Gasteiger partial charge in [-0.25, -0.2) is 0 Å². The Morgan fingerprint density at radius 1 is 1.12 bits per heavy atom. The fraction of sp³-hybridized carbons (Fsp3) is 0.643. The molecule has 0 aromatic rings. The number of nitrogens with one attached hydrogen (secondary N) is 1. The van der Waals surface area contributed by atoms with Gasteiger partial charge in [0.2, 0.25) is 0 Å². The number of nitrogens with zero attached hydrogens (tertiary/aromatic N) is 2. The van der Waals surface area contributed by atoms with Crippen molar-refractivity contribution in [2.45, 2.75) is 47.0 Å². The van der Waals surface area contributed by atoms with Gasteiger partial charge in [-0.05, 0) is 64.3 Å². The molecule has 0 radical (unpaired) electrons. The second kappa shape index (κ2) is 7.21. The first-order valence-corrected chi connectivity index (χ1v) is 6.41. The molecule has 1 rings (SSSR count). The van der Waals surface area contributed by atoms with Crippen molar-refractivity contribution in [2.24, 2.45) is 10.2 Å². The zero-order chi connectivity index (χ0) is 12.7. The molecule has 0 amide bonds. The van der Waals surface area contributed by atoms with Crippen LogP contribution in [0.1, 0.15) is 47.0 Å². The Kier molecular flexibility index (Phi) is 5.88. The summed E-state index contributed by atoms with van der Waals surface area (Å²) in [6.45, 7) is 10.4. The van der Waals surface area contributed by atoms with Gasteiger partial charge in [-0.2, -0.15) is 5.11 Å². The van der Waals surface area contributed by atoms with Gasteiger partial charge < -0.3 is 5.32 Å². The highest BCUT2D eigenvalue weighted by atomic mass is 15.1. The van der Waals surface area contributed by atoms with Crippen LogP contribution in [0.2, 0.25) is 0 Å². The van der Waals surface area contributed by atoms with Crippen LogP contribution in [0.15, 0.2) is 38.5 Å². The summed E-state index contributed by atoms with van der Waals surface area (Å²) in [6.07, 6.45) is 3.28. The molecule has 0 aromatic heterocycles. The molecular weight excluding hydrogens is 210 g/mol. The molecule has 3 nitrogen and oxygen atoms in total. The van der Waals surface area contributed by atoms with E-state index in [9.17, 15) is 0 Å². The van der Waals surface area contributed by atoms with Crippen molar-refractivity contribution in [1.29, 1.82) is 0 Å². The monoisotopic (exact) mass is 233 g/mol. The predicted molar refractivity (Wildman–Crippen MR) is 71.8 cm³/mol. The molecule has 0 bridgehead atoms. The van der Waals surface area contributed by atoms with Gasteiger partial charge in [0.1, 0.15) is 5.70 Å². The van der Waals surface area contributed by atoms with Crippen LogP contribution in [0.5, 0.6) is 0 Å². The third kappa shape index (κ3) is 4.68. The summed E-state index contributed by atoms with van der Waals surface area (Å²) < 4.78 is 0. The highest BCUT2D eigenvalue weighted by Gasteiger charge is 2.06. The Labute approximate surface area is 104 Å². The zero-order valence-corrected chi connectivity index (χ0v) is 11.4. The van der Waals surface area contributed by atoms with Crippen LogP contribution < -0.4 is 5.32 Å². The van der Waals surface area contributed by atoms with Crippen LogP contribution in [0.3, 0.4) is 0 Å². The Hall–Kier alpha value is -1.18. The lowest BCUT2D eigenvalue weighted by atomic mass is 10.1. The van der Waals surface area contributed by atoms with Gasteiger partial charge >= 0.3 is 0 Å². The van der Waals surface area contributed by atoms with Crippen molar-refractivity contribution in [3.05, 3.63) is 28.3 Å². The zero-order valence-electron chi connectivity index (χ0n) is 11.4. The van der Waals surface area contributed by atoms with Gasteiger partial charge in [-0.3, -0.25) is 0 Å². The van der Waals surface area contributed by atoms with E-state index in [0.717, 1.165) is 42.9 Å². The average molecular weight is 233 g/mol. The van der Waals surface area contributed by atoms with E-state index in [1.807, 2.05) is 6.92 Å². The van der Waals surface area contributed by atoms with Gasteiger partial charge in [0.05, 0.1) is 5.70 Å². The van der Waals surface area contributed by atoms with Crippen LogP contribution in [0.25, 0.3) is 0 Å². The van der Waals surface area contributed by atoms with Crippen molar-refractivity contribution in [3.8, 4) is 0 Å². The maximum atomic E-state index is 4.31. The lowest BCUT2D eigenvalue weighted by molar-refractivity contribution is 0.634. The van der Waals surface area contributed by atoms with Crippen LogP contribution in [0.4, 0.5) is 0 Å².